The van der Waals surface area contributed by atoms with Gasteiger partial charge in [0.2, 0.25) is 15.9 Å². The van der Waals surface area contributed by atoms with Gasteiger partial charge in [-0.15, -0.1) is 0 Å². The Hall–Kier alpha value is -1.41. The van der Waals surface area contributed by atoms with E-state index >= 15 is 0 Å². The van der Waals surface area contributed by atoms with Gasteiger partial charge in [0.1, 0.15) is 4.90 Å². The third kappa shape index (κ3) is 4.11. The van der Waals surface area contributed by atoms with Crippen LogP contribution in [-0.4, -0.2) is 48.0 Å². The van der Waals surface area contributed by atoms with E-state index in [-0.39, 0.29) is 16.7 Å². The minimum absolute atomic E-state index is 0.0868. The number of aromatic amines is 1. The van der Waals surface area contributed by atoms with Crippen LogP contribution in [-0.2, 0) is 14.8 Å². The van der Waals surface area contributed by atoms with E-state index in [0.29, 0.717) is 43.4 Å². The molecular formula is C18H30N4O3S. The first kappa shape index (κ1) is 19.4. The molecule has 0 bridgehead atoms. The smallest absolute Gasteiger partial charge is 0.246 e. The van der Waals surface area contributed by atoms with E-state index in [1.807, 2.05) is 0 Å². The van der Waals surface area contributed by atoms with E-state index in [2.05, 4.69) is 15.5 Å². The first-order valence-corrected chi connectivity index (χ1v) is 11.2. The predicted octanol–water partition coefficient (Wildman–Crippen LogP) is 2.27. The topological polar surface area (TPSA) is 95.2 Å². The molecule has 0 atom stereocenters. The number of aryl methyl sites for hydroxylation is 2. The molecule has 1 aliphatic heterocycles. The van der Waals surface area contributed by atoms with Crippen LogP contribution in [0, 0.1) is 19.8 Å². The van der Waals surface area contributed by atoms with E-state index in [9.17, 15) is 13.2 Å². The van der Waals surface area contributed by atoms with Crippen molar-refractivity contribution in [2.24, 2.45) is 5.92 Å². The molecule has 3 rings (SSSR count). The van der Waals surface area contributed by atoms with Gasteiger partial charge < -0.3 is 5.32 Å². The Bertz CT molecular complexity index is 708. The van der Waals surface area contributed by atoms with Crippen molar-refractivity contribution in [3.63, 3.8) is 0 Å². The van der Waals surface area contributed by atoms with Crippen molar-refractivity contribution in [3.05, 3.63) is 11.4 Å². The second-order valence-corrected chi connectivity index (χ2v) is 9.51. The Morgan fingerprint density at radius 3 is 2.23 bits per heavy atom. The van der Waals surface area contributed by atoms with Crippen molar-refractivity contribution in [1.29, 1.82) is 0 Å². The van der Waals surface area contributed by atoms with Crippen LogP contribution in [0.3, 0.4) is 0 Å². The number of carbonyl (C=O) groups is 1. The molecular weight excluding hydrogens is 352 g/mol. The Balaban J connectivity index is 1.57. The van der Waals surface area contributed by atoms with Gasteiger partial charge in [-0.1, -0.05) is 25.7 Å². The van der Waals surface area contributed by atoms with Crippen molar-refractivity contribution >= 4 is 15.9 Å². The summed E-state index contributed by atoms with van der Waals surface area (Å²) in [5.74, 6) is 0.0147. The van der Waals surface area contributed by atoms with E-state index in [1.54, 1.807) is 13.8 Å². The molecule has 1 amide bonds. The molecule has 0 spiro atoms. The Morgan fingerprint density at radius 2 is 1.69 bits per heavy atom. The van der Waals surface area contributed by atoms with Gasteiger partial charge in [-0.05, 0) is 39.5 Å². The highest BCUT2D eigenvalue weighted by Crippen LogP contribution is 2.27. The zero-order valence-corrected chi connectivity index (χ0v) is 16.6. The highest BCUT2D eigenvalue weighted by atomic mass is 32.2. The zero-order chi connectivity index (χ0) is 18.7. The molecule has 0 unspecified atom stereocenters. The molecule has 1 aromatic heterocycles. The number of amides is 1. The normalized spacial score (nSPS) is 21.5. The van der Waals surface area contributed by atoms with E-state index in [4.69, 9.17) is 0 Å². The summed E-state index contributed by atoms with van der Waals surface area (Å²) in [6, 6.07) is 0.294. The zero-order valence-electron chi connectivity index (χ0n) is 15.8. The lowest BCUT2D eigenvalue weighted by Crippen LogP contribution is -2.45. The fourth-order valence-corrected chi connectivity index (χ4v) is 5.95. The maximum absolute atomic E-state index is 12.9. The number of hydrogen-bond donors (Lipinski definition) is 2. The van der Waals surface area contributed by atoms with Gasteiger partial charge in [-0.25, -0.2) is 8.42 Å². The fraction of sp³-hybridized carbons (Fsp3) is 0.778. The molecule has 7 nitrogen and oxygen atoms in total. The molecule has 0 radical (unpaired) electrons. The van der Waals surface area contributed by atoms with Crippen LogP contribution in [0.25, 0.3) is 0 Å². The van der Waals surface area contributed by atoms with Crippen molar-refractivity contribution in [2.45, 2.75) is 76.2 Å². The number of nitrogens with zero attached hydrogens (tertiary/aromatic N) is 2. The van der Waals surface area contributed by atoms with Crippen molar-refractivity contribution in [3.8, 4) is 0 Å². The largest absolute Gasteiger partial charge is 0.353 e. The number of H-pyrrole nitrogens is 1. The SMILES string of the molecule is Cc1n[nH]c(C)c1S(=O)(=O)N1CCC(C(=O)NC2CCCCCC2)CC1. The Kier molecular flexibility index (Phi) is 6.02. The lowest BCUT2D eigenvalue weighted by atomic mass is 9.96. The molecule has 1 saturated heterocycles. The quantitative estimate of drug-likeness (QED) is 0.781. The second-order valence-electron chi connectivity index (χ2n) is 7.64. The van der Waals surface area contributed by atoms with Crippen LogP contribution < -0.4 is 5.32 Å². The average Bonchev–Trinajstić information content (AvgIpc) is 2.81. The molecule has 146 valence electrons. The van der Waals surface area contributed by atoms with Crippen LogP contribution in [0.5, 0.6) is 0 Å². The number of nitrogens with one attached hydrogen (secondary N) is 2. The maximum atomic E-state index is 12.9. The van der Waals surface area contributed by atoms with Crippen LogP contribution in [0.4, 0.5) is 0 Å². The molecule has 2 fully saturated rings. The minimum Gasteiger partial charge on any atom is -0.353 e. The van der Waals surface area contributed by atoms with Gasteiger partial charge in [0.15, 0.2) is 0 Å². The van der Waals surface area contributed by atoms with Crippen LogP contribution in [0.2, 0.25) is 0 Å². The second kappa shape index (κ2) is 8.08. The lowest BCUT2D eigenvalue weighted by Gasteiger charge is -2.31. The van der Waals surface area contributed by atoms with Gasteiger partial charge in [0.05, 0.1) is 11.4 Å². The molecule has 1 saturated carbocycles. The Labute approximate surface area is 156 Å². The molecule has 0 aromatic carbocycles. The number of carbonyl (C=O) groups excluding carboxylic acids is 1. The van der Waals surface area contributed by atoms with Crippen LogP contribution in [0.15, 0.2) is 4.90 Å². The van der Waals surface area contributed by atoms with Gasteiger partial charge >= 0.3 is 0 Å². The molecule has 1 aromatic rings. The van der Waals surface area contributed by atoms with Crippen molar-refractivity contribution in [2.75, 3.05) is 13.1 Å². The standard InChI is InChI=1S/C18H30N4O3S/c1-13-17(14(2)21-20-13)26(24,25)22-11-9-15(10-12-22)18(23)19-16-7-5-3-4-6-8-16/h15-16H,3-12H2,1-2H3,(H,19,23)(H,20,21). The summed E-state index contributed by atoms with van der Waals surface area (Å²) in [4.78, 5) is 12.9. The van der Waals surface area contributed by atoms with Crippen LogP contribution in [0.1, 0.15) is 62.8 Å². The highest BCUT2D eigenvalue weighted by molar-refractivity contribution is 7.89. The van der Waals surface area contributed by atoms with E-state index < -0.39 is 10.0 Å². The molecule has 2 aliphatic rings. The molecule has 1 aliphatic carbocycles. The first-order chi connectivity index (χ1) is 12.4. The third-order valence-electron chi connectivity index (χ3n) is 5.68. The fourth-order valence-electron chi connectivity index (χ4n) is 4.15. The van der Waals surface area contributed by atoms with Crippen molar-refractivity contribution in [1.82, 2.24) is 19.8 Å². The van der Waals surface area contributed by atoms with Gasteiger partial charge in [-0.3, -0.25) is 9.89 Å². The Morgan fingerprint density at radius 1 is 1.08 bits per heavy atom. The number of aromatic nitrogens is 2. The highest BCUT2D eigenvalue weighted by Gasteiger charge is 2.35. The number of sulfonamides is 1. The molecule has 2 heterocycles. The van der Waals surface area contributed by atoms with Crippen molar-refractivity contribution < 1.29 is 13.2 Å². The molecule has 26 heavy (non-hydrogen) atoms. The van der Waals surface area contributed by atoms with Gasteiger partial charge in [0, 0.05) is 25.0 Å². The van der Waals surface area contributed by atoms with Gasteiger partial charge in [0.25, 0.3) is 0 Å². The molecule has 8 heteroatoms. The summed E-state index contributed by atoms with van der Waals surface area (Å²) in [6.45, 7) is 4.19. The summed E-state index contributed by atoms with van der Waals surface area (Å²) >= 11 is 0. The van der Waals surface area contributed by atoms with Crippen LogP contribution >= 0.6 is 0 Å². The summed E-state index contributed by atoms with van der Waals surface area (Å²) in [5.41, 5.74) is 1.06. The van der Waals surface area contributed by atoms with E-state index in [1.165, 1.54) is 30.0 Å². The van der Waals surface area contributed by atoms with E-state index in [0.717, 1.165) is 12.8 Å². The summed E-state index contributed by atoms with van der Waals surface area (Å²) < 4.78 is 27.3. The first-order valence-electron chi connectivity index (χ1n) is 9.71. The number of rotatable bonds is 4. The predicted molar refractivity (Wildman–Crippen MR) is 99.2 cm³/mol. The van der Waals surface area contributed by atoms with Gasteiger partial charge in [-0.2, -0.15) is 9.40 Å². The minimum atomic E-state index is -3.55. The maximum Gasteiger partial charge on any atom is 0.246 e. The molecule has 2 N–H and O–H groups in total. The summed E-state index contributed by atoms with van der Waals surface area (Å²) in [6.07, 6.45) is 8.18. The lowest BCUT2D eigenvalue weighted by molar-refractivity contribution is -0.126. The summed E-state index contributed by atoms with van der Waals surface area (Å²) in [7, 11) is -3.55. The summed E-state index contributed by atoms with van der Waals surface area (Å²) in [5, 5.41) is 9.94. The monoisotopic (exact) mass is 382 g/mol. The number of hydrogen-bond acceptors (Lipinski definition) is 4. The average molecular weight is 383 g/mol. The number of piperidine rings is 1. The third-order valence-corrected chi connectivity index (χ3v) is 7.85.